The quantitative estimate of drug-likeness (QED) is 0.339. The Morgan fingerprint density at radius 2 is 1.90 bits per heavy atom. The maximum atomic E-state index is 12.6. The maximum Gasteiger partial charge on any atom is 0.341 e. The number of anilines is 1. The highest BCUT2D eigenvalue weighted by atomic mass is 32.2. The number of amides is 1. The number of nitrogens with one attached hydrogen (secondary N) is 1. The summed E-state index contributed by atoms with van der Waals surface area (Å²) in [6.45, 7) is 14.1. The van der Waals surface area contributed by atoms with Crippen LogP contribution in [0.1, 0.15) is 64.7 Å². The van der Waals surface area contributed by atoms with E-state index in [2.05, 4.69) is 28.7 Å². The van der Waals surface area contributed by atoms with Crippen LogP contribution in [0.4, 0.5) is 5.00 Å². The summed E-state index contributed by atoms with van der Waals surface area (Å²) in [5.41, 5.74) is 2.82. The highest BCUT2D eigenvalue weighted by Crippen LogP contribution is 2.34. The van der Waals surface area contributed by atoms with E-state index in [1.165, 1.54) is 18.7 Å². The fraction of sp³-hybridized carbons (Fsp3) is 0.524. The van der Waals surface area contributed by atoms with Crippen LogP contribution in [0, 0.1) is 26.7 Å². The molecule has 164 valence electrons. The van der Waals surface area contributed by atoms with Gasteiger partial charge in [-0.05, 0) is 46.1 Å². The van der Waals surface area contributed by atoms with Crippen LogP contribution >= 0.6 is 23.1 Å². The molecular formula is C21H29N3O4S2. The number of aromatic nitrogens is 2. The molecule has 0 saturated heterocycles. The van der Waals surface area contributed by atoms with Crippen molar-refractivity contribution in [2.24, 2.45) is 5.92 Å². The number of Topliss-reactive ketones (excluding diaryl/α,β-unsaturated/α-hetero) is 1. The first-order valence-corrected chi connectivity index (χ1v) is 11.6. The first kappa shape index (κ1) is 24.1. The number of hydrogen-bond acceptors (Lipinski definition) is 7. The van der Waals surface area contributed by atoms with Crippen LogP contribution in [0.2, 0.25) is 0 Å². The molecule has 0 aliphatic carbocycles. The van der Waals surface area contributed by atoms with E-state index in [0.717, 1.165) is 34.4 Å². The number of ketones is 1. The van der Waals surface area contributed by atoms with Gasteiger partial charge in [-0.15, -0.1) is 11.3 Å². The minimum absolute atomic E-state index is 0.141. The first-order valence-electron chi connectivity index (χ1n) is 9.84. The largest absolute Gasteiger partial charge is 0.462 e. The summed E-state index contributed by atoms with van der Waals surface area (Å²) < 4.78 is 7.24. The summed E-state index contributed by atoms with van der Waals surface area (Å²) in [6.07, 6.45) is 0. The van der Waals surface area contributed by atoms with Gasteiger partial charge in [-0.25, -0.2) is 9.78 Å². The number of ether oxygens (including phenoxy) is 1. The van der Waals surface area contributed by atoms with Gasteiger partial charge in [-0.1, -0.05) is 25.6 Å². The lowest BCUT2D eigenvalue weighted by Crippen LogP contribution is -2.17. The van der Waals surface area contributed by atoms with E-state index >= 15 is 0 Å². The average molecular weight is 452 g/mol. The number of rotatable bonds is 9. The van der Waals surface area contributed by atoms with Gasteiger partial charge in [-0.3, -0.25) is 9.59 Å². The Morgan fingerprint density at radius 3 is 2.47 bits per heavy atom. The van der Waals surface area contributed by atoms with Gasteiger partial charge in [-0.2, -0.15) is 0 Å². The van der Waals surface area contributed by atoms with Crippen molar-refractivity contribution in [3.63, 3.8) is 0 Å². The fourth-order valence-electron chi connectivity index (χ4n) is 2.99. The molecule has 2 rings (SSSR count). The standard InChI is InChI=1S/C21H29N3O4S2/c1-8-28-20(27)17-12(4)18(15(7)25)30-19(17)23-16(26)10-29-21-22-13(5)14(6)24(21)9-11(2)3/h11H,8-10H2,1-7H3,(H,23,26). The van der Waals surface area contributed by atoms with Gasteiger partial charge in [0.05, 0.1) is 28.5 Å². The van der Waals surface area contributed by atoms with Crippen molar-refractivity contribution >= 4 is 45.8 Å². The minimum atomic E-state index is -0.541. The summed E-state index contributed by atoms with van der Waals surface area (Å²) in [6, 6.07) is 0. The number of nitrogens with zero attached hydrogens (tertiary/aromatic N) is 2. The van der Waals surface area contributed by atoms with E-state index < -0.39 is 5.97 Å². The molecule has 7 nitrogen and oxygen atoms in total. The zero-order valence-electron chi connectivity index (χ0n) is 18.5. The molecule has 0 aliphatic rings. The van der Waals surface area contributed by atoms with Crippen molar-refractivity contribution in [2.45, 2.75) is 60.2 Å². The van der Waals surface area contributed by atoms with E-state index in [-0.39, 0.29) is 29.6 Å². The molecule has 30 heavy (non-hydrogen) atoms. The monoisotopic (exact) mass is 451 g/mol. The van der Waals surface area contributed by atoms with E-state index in [0.29, 0.717) is 21.4 Å². The molecule has 0 aliphatic heterocycles. The van der Waals surface area contributed by atoms with Crippen molar-refractivity contribution in [3.05, 3.63) is 27.4 Å². The SMILES string of the molecule is CCOC(=O)c1c(NC(=O)CSc2nc(C)c(C)n2CC(C)C)sc(C(C)=O)c1C. The van der Waals surface area contributed by atoms with Crippen molar-refractivity contribution in [2.75, 3.05) is 17.7 Å². The van der Waals surface area contributed by atoms with Crippen LogP contribution in [-0.2, 0) is 16.1 Å². The maximum absolute atomic E-state index is 12.6. The van der Waals surface area contributed by atoms with Crippen LogP contribution < -0.4 is 5.32 Å². The molecule has 9 heteroatoms. The topological polar surface area (TPSA) is 90.3 Å². The second kappa shape index (κ2) is 10.3. The molecule has 0 fully saturated rings. The van der Waals surface area contributed by atoms with Gasteiger partial charge in [0, 0.05) is 12.2 Å². The summed E-state index contributed by atoms with van der Waals surface area (Å²) in [5, 5.41) is 3.93. The minimum Gasteiger partial charge on any atom is -0.462 e. The Morgan fingerprint density at radius 1 is 1.23 bits per heavy atom. The molecule has 1 amide bonds. The molecule has 2 aromatic heterocycles. The molecule has 2 heterocycles. The number of carbonyl (C=O) groups excluding carboxylic acids is 3. The van der Waals surface area contributed by atoms with E-state index in [9.17, 15) is 14.4 Å². The molecule has 0 saturated carbocycles. The highest BCUT2D eigenvalue weighted by molar-refractivity contribution is 7.99. The third-order valence-electron chi connectivity index (χ3n) is 4.50. The molecule has 0 radical (unpaired) electrons. The van der Waals surface area contributed by atoms with Crippen molar-refractivity contribution < 1.29 is 19.1 Å². The van der Waals surface area contributed by atoms with Gasteiger partial charge >= 0.3 is 5.97 Å². The van der Waals surface area contributed by atoms with Gasteiger partial charge in [0.2, 0.25) is 5.91 Å². The van der Waals surface area contributed by atoms with Crippen molar-refractivity contribution in [3.8, 4) is 0 Å². The molecular weight excluding hydrogens is 422 g/mol. The Kier molecular flexibility index (Phi) is 8.25. The van der Waals surface area contributed by atoms with Crippen LogP contribution in [0.5, 0.6) is 0 Å². The molecule has 0 aromatic carbocycles. The van der Waals surface area contributed by atoms with E-state index in [1.807, 2.05) is 13.8 Å². The Hall–Kier alpha value is -2.13. The van der Waals surface area contributed by atoms with Crippen LogP contribution in [0.3, 0.4) is 0 Å². The molecule has 2 aromatic rings. The van der Waals surface area contributed by atoms with Crippen LogP contribution in [0.15, 0.2) is 5.16 Å². The Bertz CT molecular complexity index is 960. The lowest BCUT2D eigenvalue weighted by molar-refractivity contribution is -0.113. The van der Waals surface area contributed by atoms with Gasteiger partial charge in [0.25, 0.3) is 0 Å². The molecule has 1 N–H and O–H groups in total. The predicted octanol–water partition coefficient (Wildman–Crippen LogP) is 4.64. The number of carbonyl (C=O) groups is 3. The van der Waals surface area contributed by atoms with Crippen LogP contribution in [-0.4, -0.2) is 39.6 Å². The lowest BCUT2D eigenvalue weighted by atomic mass is 10.1. The lowest BCUT2D eigenvalue weighted by Gasteiger charge is -2.12. The molecule has 0 unspecified atom stereocenters. The second-order valence-electron chi connectivity index (χ2n) is 7.44. The predicted molar refractivity (Wildman–Crippen MR) is 121 cm³/mol. The number of imidazole rings is 1. The Balaban J connectivity index is 2.19. The zero-order valence-corrected chi connectivity index (χ0v) is 20.2. The van der Waals surface area contributed by atoms with Crippen molar-refractivity contribution in [1.29, 1.82) is 0 Å². The summed E-state index contributed by atoms with van der Waals surface area (Å²) in [4.78, 5) is 41.9. The summed E-state index contributed by atoms with van der Waals surface area (Å²) in [5.74, 6) is -0.365. The number of thioether (sulfide) groups is 1. The third kappa shape index (κ3) is 5.51. The fourth-order valence-corrected chi connectivity index (χ4v) is 5.00. The van der Waals surface area contributed by atoms with Gasteiger partial charge in [0.15, 0.2) is 10.9 Å². The third-order valence-corrected chi connectivity index (χ3v) is 6.79. The number of thiophene rings is 1. The number of hydrogen-bond donors (Lipinski definition) is 1. The molecule has 0 spiro atoms. The molecule has 0 bridgehead atoms. The number of esters is 1. The highest BCUT2D eigenvalue weighted by Gasteiger charge is 2.25. The molecule has 0 atom stereocenters. The Labute approximate surface area is 185 Å². The normalized spacial score (nSPS) is 11.1. The van der Waals surface area contributed by atoms with Gasteiger partial charge in [0.1, 0.15) is 5.00 Å². The second-order valence-corrected chi connectivity index (χ2v) is 9.41. The van der Waals surface area contributed by atoms with E-state index in [1.54, 1.807) is 13.8 Å². The summed E-state index contributed by atoms with van der Waals surface area (Å²) >= 11 is 2.46. The summed E-state index contributed by atoms with van der Waals surface area (Å²) in [7, 11) is 0. The zero-order chi connectivity index (χ0) is 22.6. The van der Waals surface area contributed by atoms with Crippen LogP contribution in [0.25, 0.3) is 0 Å². The smallest absolute Gasteiger partial charge is 0.341 e. The number of aryl methyl sites for hydroxylation is 1. The average Bonchev–Trinajstić information content (AvgIpc) is 3.11. The van der Waals surface area contributed by atoms with Gasteiger partial charge < -0.3 is 14.6 Å². The van der Waals surface area contributed by atoms with E-state index in [4.69, 9.17) is 4.74 Å². The first-order chi connectivity index (χ1) is 14.1. The van der Waals surface area contributed by atoms with Crippen molar-refractivity contribution in [1.82, 2.24) is 9.55 Å².